The molecule has 0 saturated heterocycles. The first-order valence-corrected chi connectivity index (χ1v) is 8.59. The lowest BCUT2D eigenvalue weighted by Gasteiger charge is -2.14. The van der Waals surface area contributed by atoms with Gasteiger partial charge in [-0.2, -0.15) is 5.10 Å². The minimum absolute atomic E-state index is 0.116. The number of nitrogens with zero attached hydrogens (tertiary/aromatic N) is 3. The molecule has 1 N–H and O–H groups in total. The highest BCUT2D eigenvalue weighted by molar-refractivity contribution is 5.72. The molecule has 0 saturated carbocycles. The number of benzene rings is 2. The molecule has 0 radical (unpaired) electrons. The summed E-state index contributed by atoms with van der Waals surface area (Å²) in [7, 11) is 1.44. The maximum absolute atomic E-state index is 12.7. The fourth-order valence-electron chi connectivity index (χ4n) is 2.91. The SMILES string of the molecule is Cc1cc(CN(C)C(=O)O)nn1-c1cccc(-c2ccccc2OC(F)(F)F)c1. The molecule has 9 heteroatoms. The van der Waals surface area contributed by atoms with Gasteiger partial charge in [-0.1, -0.05) is 30.3 Å². The van der Waals surface area contributed by atoms with E-state index in [0.717, 1.165) is 10.6 Å². The average Bonchev–Trinajstić information content (AvgIpc) is 3.01. The van der Waals surface area contributed by atoms with E-state index in [2.05, 4.69) is 9.84 Å². The monoisotopic (exact) mass is 405 g/mol. The number of aromatic nitrogens is 2. The Balaban J connectivity index is 1.96. The fraction of sp³-hybridized carbons (Fsp3) is 0.200. The van der Waals surface area contributed by atoms with Gasteiger partial charge < -0.3 is 14.7 Å². The third kappa shape index (κ3) is 4.87. The van der Waals surface area contributed by atoms with Gasteiger partial charge in [0.2, 0.25) is 0 Å². The molecule has 0 fully saturated rings. The van der Waals surface area contributed by atoms with Gasteiger partial charge in [-0.05, 0) is 36.8 Å². The molecule has 0 unspecified atom stereocenters. The highest BCUT2D eigenvalue weighted by atomic mass is 19.4. The zero-order valence-corrected chi connectivity index (χ0v) is 15.6. The van der Waals surface area contributed by atoms with Crippen molar-refractivity contribution in [2.75, 3.05) is 7.05 Å². The second kappa shape index (κ2) is 7.86. The minimum atomic E-state index is -4.79. The number of carboxylic acid groups (broad SMARTS) is 1. The summed E-state index contributed by atoms with van der Waals surface area (Å²) in [4.78, 5) is 12.1. The van der Waals surface area contributed by atoms with Crippen molar-refractivity contribution in [3.8, 4) is 22.6 Å². The van der Waals surface area contributed by atoms with Gasteiger partial charge in [-0.25, -0.2) is 9.48 Å². The van der Waals surface area contributed by atoms with Crippen molar-refractivity contribution in [3.05, 3.63) is 66.0 Å². The van der Waals surface area contributed by atoms with Crippen molar-refractivity contribution in [3.63, 3.8) is 0 Å². The molecule has 0 bridgehead atoms. The van der Waals surface area contributed by atoms with Crippen LogP contribution in [0.15, 0.2) is 54.6 Å². The van der Waals surface area contributed by atoms with E-state index in [4.69, 9.17) is 5.11 Å². The molecule has 6 nitrogen and oxygen atoms in total. The van der Waals surface area contributed by atoms with E-state index in [-0.39, 0.29) is 12.3 Å². The molecule has 0 spiro atoms. The number of aryl methyl sites for hydroxylation is 1. The summed E-state index contributed by atoms with van der Waals surface area (Å²) in [6, 6.07) is 14.5. The van der Waals surface area contributed by atoms with E-state index in [1.54, 1.807) is 47.1 Å². The predicted molar refractivity (Wildman–Crippen MR) is 99.9 cm³/mol. The second-order valence-electron chi connectivity index (χ2n) is 6.42. The van der Waals surface area contributed by atoms with Crippen LogP contribution in [0.3, 0.4) is 0 Å². The van der Waals surface area contributed by atoms with E-state index >= 15 is 0 Å². The van der Waals surface area contributed by atoms with Gasteiger partial charge in [0.05, 0.1) is 17.9 Å². The number of hydrogen-bond donors (Lipinski definition) is 1. The maximum Gasteiger partial charge on any atom is 0.573 e. The quantitative estimate of drug-likeness (QED) is 0.659. The molecule has 3 rings (SSSR count). The van der Waals surface area contributed by atoms with E-state index in [9.17, 15) is 18.0 Å². The first-order chi connectivity index (χ1) is 13.6. The summed E-state index contributed by atoms with van der Waals surface area (Å²) in [5.74, 6) is -0.293. The topological polar surface area (TPSA) is 67.6 Å². The Hall–Kier alpha value is -3.49. The van der Waals surface area contributed by atoms with Crippen LogP contribution < -0.4 is 4.74 Å². The third-order valence-electron chi connectivity index (χ3n) is 4.18. The van der Waals surface area contributed by atoms with Crippen LogP contribution in [0.25, 0.3) is 16.8 Å². The zero-order chi connectivity index (χ0) is 21.2. The molecule has 0 atom stereocenters. The Kier molecular flexibility index (Phi) is 5.49. The Morgan fingerprint density at radius 2 is 1.90 bits per heavy atom. The number of hydrogen-bond acceptors (Lipinski definition) is 3. The lowest BCUT2D eigenvalue weighted by Crippen LogP contribution is -2.24. The highest BCUT2D eigenvalue weighted by Crippen LogP contribution is 2.34. The van der Waals surface area contributed by atoms with Gasteiger partial charge in [0.25, 0.3) is 0 Å². The van der Waals surface area contributed by atoms with Gasteiger partial charge in [-0.15, -0.1) is 13.2 Å². The van der Waals surface area contributed by atoms with Crippen molar-refractivity contribution >= 4 is 6.09 Å². The van der Waals surface area contributed by atoms with E-state index in [1.807, 2.05) is 6.92 Å². The molecular weight excluding hydrogens is 387 g/mol. The number of para-hydroxylation sites is 1. The van der Waals surface area contributed by atoms with Crippen LogP contribution in [0.2, 0.25) is 0 Å². The predicted octanol–water partition coefficient (Wildman–Crippen LogP) is 4.86. The summed E-state index contributed by atoms with van der Waals surface area (Å²) >= 11 is 0. The smallest absolute Gasteiger partial charge is 0.465 e. The number of amides is 1. The van der Waals surface area contributed by atoms with E-state index in [1.165, 1.54) is 19.2 Å². The largest absolute Gasteiger partial charge is 0.573 e. The minimum Gasteiger partial charge on any atom is -0.465 e. The van der Waals surface area contributed by atoms with Crippen LogP contribution in [0.4, 0.5) is 18.0 Å². The van der Waals surface area contributed by atoms with Crippen LogP contribution in [0, 0.1) is 6.92 Å². The molecule has 0 aliphatic carbocycles. The van der Waals surface area contributed by atoms with Crippen LogP contribution in [0.5, 0.6) is 5.75 Å². The van der Waals surface area contributed by atoms with Crippen molar-refractivity contribution < 1.29 is 27.8 Å². The lowest BCUT2D eigenvalue weighted by atomic mass is 10.0. The number of halogens is 3. The van der Waals surface area contributed by atoms with Gasteiger partial charge in [0.1, 0.15) is 5.75 Å². The summed E-state index contributed by atoms with van der Waals surface area (Å²) in [6.07, 6.45) is -5.86. The molecular formula is C20H18F3N3O3. The van der Waals surface area contributed by atoms with E-state index in [0.29, 0.717) is 22.5 Å². The first-order valence-electron chi connectivity index (χ1n) is 8.59. The van der Waals surface area contributed by atoms with Crippen LogP contribution in [0.1, 0.15) is 11.4 Å². The van der Waals surface area contributed by atoms with Crippen molar-refractivity contribution in [2.24, 2.45) is 0 Å². The van der Waals surface area contributed by atoms with Gasteiger partial charge >= 0.3 is 12.5 Å². The molecule has 1 aromatic heterocycles. The average molecular weight is 405 g/mol. The molecule has 29 heavy (non-hydrogen) atoms. The molecule has 2 aromatic carbocycles. The van der Waals surface area contributed by atoms with Crippen molar-refractivity contribution in [1.82, 2.24) is 14.7 Å². The lowest BCUT2D eigenvalue weighted by molar-refractivity contribution is -0.274. The molecule has 3 aromatic rings. The van der Waals surface area contributed by atoms with Crippen LogP contribution in [-0.4, -0.2) is 39.3 Å². The number of carbonyl (C=O) groups is 1. The Morgan fingerprint density at radius 1 is 1.17 bits per heavy atom. The molecule has 1 amide bonds. The molecule has 0 aliphatic heterocycles. The Morgan fingerprint density at radius 3 is 2.59 bits per heavy atom. The Bertz CT molecular complexity index is 1030. The summed E-state index contributed by atoms with van der Waals surface area (Å²) in [6.45, 7) is 1.93. The standard InChI is InChI=1S/C20H18F3N3O3/c1-13-10-15(12-25(2)19(27)28)24-26(13)16-7-5-6-14(11-16)17-8-3-4-9-18(17)29-20(21,22)23/h3-11H,12H2,1-2H3,(H,27,28). The zero-order valence-electron chi connectivity index (χ0n) is 15.6. The van der Waals surface area contributed by atoms with Gasteiger partial charge in [-0.3, -0.25) is 0 Å². The van der Waals surface area contributed by atoms with E-state index < -0.39 is 12.5 Å². The summed E-state index contributed by atoms with van der Waals surface area (Å²) in [5, 5.41) is 13.4. The molecule has 1 heterocycles. The van der Waals surface area contributed by atoms with Crippen molar-refractivity contribution in [1.29, 1.82) is 0 Å². The molecule has 152 valence electrons. The third-order valence-corrected chi connectivity index (χ3v) is 4.18. The van der Waals surface area contributed by atoms with Crippen molar-refractivity contribution in [2.45, 2.75) is 19.8 Å². The summed E-state index contributed by atoms with van der Waals surface area (Å²) in [5.41, 5.74) is 2.77. The number of rotatable bonds is 5. The normalized spacial score (nSPS) is 11.3. The number of alkyl halides is 3. The fourth-order valence-corrected chi connectivity index (χ4v) is 2.91. The van der Waals surface area contributed by atoms with Gasteiger partial charge in [0.15, 0.2) is 0 Å². The maximum atomic E-state index is 12.7. The van der Waals surface area contributed by atoms with Gasteiger partial charge in [0, 0.05) is 18.3 Å². The number of ether oxygens (including phenoxy) is 1. The summed E-state index contributed by atoms with van der Waals surface area (Å²) < 4.78 is 43.9. The van der Waals surface area contributed by atoms with Crippen LogP contribution in [-0.2, 0) is 6.54 Å². The highest BCUT2D eigenvalue weighted by Gasteiger charge is 2.32. The molecule has 0 aliphatic rings. The Labute approximate surface area is 164 Å². The second-order valence-corrected chi connectivity index (χ2v) is 6.42. The van der Waals surface area contributed by atoms with Crippen LogP contribution >= 0.6 is 0 Å². The first kappa shape index (κ1) is 20.2.